The summed E-state index contributed by atoms with van der Waals surface area (Å²) < 4.78 is 0. The number of anilines is 1. The van der Waals surface area contributed by atoms with E-state index in [1.807, 2.05) is 6.92 Å². The maximum atomic E-state index is 12.0. The molecule has 0 aliphatic rings. The summed E-state index contributed by atoms with van der Waals surface area (Å²) in [5.41, 5.74) is 5.17. The van der Waals surface area contributed by atoms with Crippen molar-refractivity contribution < 1.29 is 9.72 Å². The van der Waals surface area contributed by atoms with Gasteiger partial charge in [-0.25, -0.2) is 0 Å². The van der Waals surface area contributed by atoms with Crippen LogP contribution in [0.2, 0.25) is 5.02 Å². The Labute approximate surface area is 109 Å². The maximum Gasteiger partial charge on any atom is 0.294 e. The van der Waals surface area contributed by atoms with Gasteiger partial charge in [-0.3, -0.25) is 14.9 Å². The Balaban J connectivity index is 3.19. The lowest BCUT2D eigenvalue weighted by Gasteiger charge is -2.16. The van der Waals surface area contributed by atoms with Crippen molar-refractivity contribution in [2.24, 2.45) is 0 Å². The van der Waals surface area contributed by atoms with Gasteiger partial charge >= 0.3 is 0 Å². The summed E-state index contributed by atoms with van der Waals surface area (Å²) in [6.45, 7) is 2.50. The van der Waals surface area contributed by atoms with Gasteiger partial charge in [0.15, 0.2) is 0 Å². The number of nitro benzene ring substituents is 1. The SMILES string of the molecule is CCCN(C)C(=O)c1cc(Cl)c(N)c([N+](=O)[O-])c1. The summed E-state index contributed by atoms with van der Waals surface area (Å²) in [6, 6.07) is 2.49. The molecule has 0 fully saturated rings. The van der Waals surface area contributed by atoms with Crippen LogP contribution in [0.1, 0.15) is 23.7 Å². The van der Waals surface area contributed by atoms with Gasteiger partial charge in [-0.05, 0) is 12.5 Å². The topological polar surface area (TPSA) is 89.5 Å². The zero-order chi connectivity index (χ0) is 13.9. The third-order valence-electron chi connectivity index (χ3n) is 2.46. The van der Waals surface area contributed by atoms with Crippen LogP contribution in [0.15, 0.2) is 12.1 Å². The van der Waals surface area contributed by atoms with Crippen molar-refractivity contribution in [3.63, 3.8) is 0 Å². The highest BCUT2D eigenvalue weighted by molar-refractivity contribution is 6.34. The molecule has 1 rings (SSSR count). The number of nitrogen functional groups attached to an aromatic ring is 1. The number of benzene rings is 1. The van der Waals surface area contributed by atoms with Gasteiger partial charge < -0.3 is 10.6 Å². The summed E-state index contributed by atoms with van der Waals surface area (Å²) in [4.78, 5) is 23.6. The summed E-state index contributed by atoms with van der Waals surface area (Å²) in [5, 5.41) is 10.8. The highest BCUT2D eigenvalue weighted by atomic mass is 35.5. The zero-order valence-electron chi connectivity index (χ0n) is 10.1. The van der Waals surface area contributed by atoms with Crippen LogP contribution >= 0.6 is 11.6 Å². The monoisotopic (exact) mass is 271 g/mol. The molecule has 0 aliphatic carbocycles. The number of nitrogens with two attached hydrogens (primary N) is 1. The predicted octanol–water partition coefficient (Wildman–Crippen LogP) is 2.31. The number of hydrogen-bond donors (Lipinski definition) is 1. The highest BCUT2D eigenvalue weighted by Gasteiger charge is 2.20. The molecule has 6 nitrogen and oxygen atoms in total. The Bertz CT molecular complexity index is 491. The molecule has 0 aromatic heterocycles. The van der Waals surface area contributed by atoms with E-state index in [9.17, 15) is 14.9 Å². The van der Waals surface area contributed by atoms with Crippen molar-refractivity contribution in [2.45, 2.75) is 13.3 Å². The standard InChI is InChI=1S/C11H14ClN3O3/c1-3-4-14(2)11(16)7-5-8(12)10(13)9(6-7)15(17)18/h5-6H,3-4,13H2,1-2H3. The number of carbonyl (C=O) groups excluding carboxylic acids is 1. The van der Waals surface area contributed by atoms with Crippen molar-refractivity contribution in [2.75, 3.05) is 19.3 Å². The van der Waals surface area contributed by atoms with Crippen molar-refractivity contribution in [1.29, 1.82) is 0 Å². The molecule has 1 aromatic carbocycles. The van der Waals surface area contributed by atoms with Gasteiger partial charge in [0.25, 0.3) is 11.6 Å². The van der Waals surface area contributed by atoms with Gasteiger partial charge in [0.05, 0.1) is 9.95 Å². The second-order valence-corrected chi connectivity index (χ2v) is 4.28. The number of rotatable bonds is 4. The molecular weight excluding hydrogens is 258 g/mol. The van der Waals surface area contributed by atoms with Crippen LogP contribution in [0, 0.1) is 10.1 Å². The number of amides is 1. The van der Waals surface area contributed by atoms with Crippen LogP contribution in [-0.4, -0.2) is 29.3 Å². The van der Waals surface area contributed by atoms with E-state index in [1.165, 1.54) is 11.0 Å². The van der Waals surface area contributed by atoms with Gasteiger partial charge in [0, 0.05) is 25.2 Å². The van der Waals surface area contributed by atoms with E-state index in [4.69, 9.17) is 17.3 Å². The minimum atomic E-state index is -0.655. The van der Waals surface area contributed by atoms with E-state index >= 15 is 0 Å². The van der Waals surface area contributed by atoms with E-state index in [-0.39, 0.29) is 27.9 Å². The van der Waals surface area contributed by atoms with Crippen molar-refractivity contribution in [3.05, 3.63) is 32.8 Å². The van der Waals surface area contributed by atoms with E-state index in [0.29, 0.717) is 6.54 Å². The predicted molar refractivity (Wildman–Crippen MR) is 69.8 cm³/mol. The molecule has 0 atom stereocenters. The molecule has 98 valence electrons. The smallest absolute Gasteiger partial charge is 0.294 e. The summed E-state index contributed by atoms with van der Waals surface area (Å²) in [7, 11) is 1.63. The number of carbonyl (C=O) groups is 1. The third kappa shape index (κ3) is 2.89. The average Bonchev–Trinajstić information content (AvgIpc) is 2.31. The first-order valence-electron chi connectivity index (χ1n) is 5.37. The lowest BCUT2D eigenvalue weighted by atomic mass is 10.1. The fourth-order valence-corrected chi connectivity index (χ4v) is 1.75. The molecule has 0 unspecified atom stereocenters. The van der Waals surface area contributed by atoms with E-state index in [2.05, 4.69) is 0 Å². The first-order valence-corrected chi connectivity index (χ1v) is 5.75. The minimum absolute atomic E-state index is 0.0115. The second-order valence-electron chi connectivity index (χ2n) is 3.87. The molecule has 0 saturated carbocycles. The molecule has 0 aliphatic heterocycles. The van der Waals surface area contributed by atoms with Gasteiger partial charge in [-0.15, -0.1) is 0 Å². The van der Waals surface area contributed by atoms with Crippen molar-refractivity contribution in [3.8, 4) is 0 Å². The van der Waals surface area contributed by atoms with Gasteiger partial charge in [0.2, 0.25) is 0 Å². The fraction of sp³-hybridized carbons (Fsp3) is 0.364. The minimum Gasteiger partial charge on any atom is -0.392 e. The average molecular weight is 272 g/mol. The van der Waals surface area contributed by atoms with Gasteiger partial charge in [0.1, 0.15) is 5.69 Å². The summed E-state index contributed by atoms with van der Waals surface area (Å²) in [6.07, 6.45) is 0.799. The molecule has 1 amide bonds. The molecule has 0 saturated heterocycles. The molecule has 18 heavy (non-hydrogen) atoms. The summed E-state index contributed by atoms with van der Waals surface area (Å²) in [5.74, 6) is -0.318. The Morgan fingerprint density at radius 3 is 2.67 bits per heavy atom. The number of hydrogen-bond acceptors (Lipinski definition) is 4. The van der Waals surface area contributed by atoms with E-state index in [0.717, 1.165) is 12.5 Å². The van der Waals surface area contributed by atoms with E-state index in [1.54, 1.807) is 7.05 Å². The largest absolute Gasteiger partial charge is 0.392 e. The number of nitro groups is 1. The Morgan fingerprint density at radius 1 is 1.56 bits per heavy atom. The van der Waals surface area contributed by atoms with Gasteiger partial charge in [-0.2, -0.15) is 0 Å². The lowest BCUT2D eigenvalue weighted by molar-refractivity contribution is -0.383. The zero-order valence-corrected chi connectivity index (χ0v) is 10.9. The highest BCUT2D eigenvalue weighted by Crippen LogP contribution is 2.31. The van der Waals surface area contributed by atoms with Crippen LogP contribution in [0.3, 0.4) is 0 Å². The maximum absolute atomic E-state index is 12.0. The Hall–Kier alpha value is -1.82. The number of halogens is 1. The number of nitrogens with zero attached hydrogens (tertiary/aromatic N) is 2. The van der Waals surface area contributed by atoms with Crippen molar-refractivity contribution >= 4 is 28.9 Å². The Morgan fingerprint density at radius 2 is 2.17 bits per heavy atom. The molecule has 7 heteroatoms. The fourth-order valence-electron chi connectivity index (χ4n) is 1.54. The van der Waals surface area contributed by atoms with E-state index < -0.39 is 4.92 Å². The molecule has 2 N–H and O–H groups in total. The van der Waals surface area contributed by atoms with Gasteiger partial charge in [-0.1, -0.05) is 18.5 Å². The van der Waals surface area contributed by atoms with Crippen molar-refractivity contribution in [1.82, 2.24) is 4.90 Å². The first kappa shape index (κ1) is 14.2. The molecule has 1 aromatic rings. The normalized spacial score (nSPS) is 10.2. The Kier molecular flexibility index (Phi) is 4.49. The molecule has 0 spiro atoms. The quantitative estimate of drug-likeness (QED) is 0.517. The first-order chi connectivity index (χ1) is 8.38. The molecule has 0 bridgehead atoms. The molecule has 0 radical (unpaired) electrons. The summed E-state index contributed by atoms with van der Waals surface area (Å²) >= 11 is 5.79. The van der Waals surface area contributed by atoms with Crippen LogP contribution in [0.5, 0.6) is 0 Å². The van der Waals surface area contributed by atoms with Crippen LogP contribution < -0.4 is 5.73 Å². The molecular formula is C11H14ClN3O3. The second kappa shape index (κ2) is 5.68. The van der Waals surface area contributed by atoms with Crippen LogP contribution in [-0.2, 0) is 0 Å². The third-order valence-corrected chi connectivity index (χ3v) is 2.77. The van der Waals surface area contributed by atoms with Crippen LogP contribution in [0.4, 0.5) is 11.4 Å². The lowest BCUT2D eigenvalue weighted by Crippen LogP contribution is -2.27. The molecule has 0 heterocycles. The van der Waals surface area contributed by atoms with Crippen LogP contribution in [0.25, 0.3) is 0 Å².